The Bertz CT molecular complexity index is 627. The van der Waals surface area contributed by atoms with Crippen molar-refractivity contribution in [1.29, 1.82) is 0 Å². The third-order valence-electron chi connectivity index (χ3n) is 4.18. The lowest BCUT2D eigenvalue weighted by molar-refractivity contribution is -0.660. The van der Waals surface area contributed by atoms with Gasteiger partial charge in [-0.1, -0.05) is 25.0 Å². The molecular weight excluding hydrogens is 230 g/mol. The maximum atomic E-state index is 8.70. The van der Waals surface area contributed by atoms with E-state index in [9.17, 15) is 0 Å². The summed E-state index contributed by atoms with van der Waals surface area (Å²) in [7, 11) is 2.08. The van der Waals surface area contributed by atoms with Crippen molar-refractivity contribution >= 4 is 0 Å². The van der Waals surface area contributed by atoms with Gasteiger partial charge in [0.15, 0.2) is 6.20 Å². The van der Waals surface area contributed by atoms with Gasteiger partial charge >= 0.3 is 0 Å². The lowest BCUT2D eigenvalue weighted by Gasteiger charge is -2.12. The van der Waals surface area contributed by atoms with Crippen molar-refractivity contribution in [1.82, 2.24) is 0 Å². The number of nitrogens with zero attached hydrogens (tertiary/aromatic N) is 1. The molecule has 1 aromatic heterocycles. The number of pyridine rings is 1. The Balaban J connectivity index is 2.10. The summed E-state index contributed by atoms with van der Waals surface area (Å²) < 4.78 is 10.8. The van der Waals surface area contributed by atoms with Crippen LogP contribution in [0.2, 0.25) is 0 Å². The average Bonchev–Trinajstić information content (AvgIpc) is 2.88. The zero-order valence-corrected chi connectivity index (χ0v) is 11.8. The van der Waals surface area contributed by atoms with Crippen LogP contribution in [0.15, 0.2) is 42.6 Å². The highest BCUT2D eigenvalue weighted by atomic mass is 14.9. The molecule has 1 heterocycles. The molecule has 1 aliphatic carbocycles. The molecule has 0 atom stereocenters. The van der Waals surface area contributed by atoms with Crippen molar-refractivity contribution in [2.75, 3.05) is 0 Å². The molecule has 2 aromatic rings. The predicted molar refractivity (Wildman–Crippen MR) is 79.0 cm³/mol. The van der Waals surface area contributed by atoms with Gasteiger partial charge in [0, 0.05) is 19.1 Å². The van der Waals surface area contributed by atoms with Crippen molar-refractivity contribution in [2.24, 2.45) is 7.05 Å². The first-order valence-corrected chi connectivity index (χ1v) is 7.16. The summed E-state index contributed by atoms with van der Waals surface area (Å²) in [5, 5.41) is 0. The normalized spacial score (nSPS) is 18.3. The minimum Gasteiger partial charge on any atom is -0.201 e. The molecule has 0 amide bonds. The average molecular weight is 253 g/mol. The van der Waals surface area contributed by atoms with Crippen LogP contribution >= 0.6 is 0 Å². The van der Waals surface area contributed by atoms with E-state index in [0.29, 0.717) is 0 Å². The van der Waals surface area contributed by atoms with Gasteiger partial charge < -0.3 is 0 Å². The van der Waals surface area contributed by atoms with Crippen LogP contribution in [-0.4, -0.2) is 0 Å². The summed E-state index contributed by atoms with van der Waals surface area (Å²) in [5.74, 6) is -0.365. The molecular formula is C18H22N+. The molecule has 1 aliphatic rings. The summed E-state index contributed by atoms with van der Waals surface area (Å²) >= 11 is 0. The second-order valence-electron chi connectivity index (χ2n) is 5.54. The van der Waals surface area contributed by atoms with Gasteiger partial charge in [-0.15, -0.1) is 0 Å². The fourth-order valence-corrected chi connectivity index (χ4v) is 3.01. The van der Waals surface area contributed by atoms with Crippen LogP contribution in [0.4, 0.5) is 0 Å². The molecule has 0 bridgehead atoms. The van der Waals surface area contributed by atoms with Gasteiger partial charge in [-0.05, 0) is 48.9 Å². The van der Waals surface area contributed by atoms with E-state index in [4.69, 9.17) is 1.37 Å². The van der Waals surface area contributed by atoms with E-state index in [2.05, 4.69) is 55.1 Å². The van der Waals surface area contributed by atoms with E-state index >= 15 is 0 Å². The Morgan fingerprint density at radius 1 is 1.16 bits per heavy atom. The Kier molecular flexibility index (Phi) is 3.05. The molecule has 1 heteroatoms. The highest BCUT2D eigenvalue weighted by molar-refractivity contribution is 5.62. The molecule has 1 fully saturated rings. The van der Waals surface area contributed by atoms with Gasteiger partial charge in [0.05, 0.1) is 0 Å². The van der Waals surface area contributed by atoms with E-state index in [0.717, 1.165) is 12.8 Å². The molecule has 19 heavy (non-hydrogen) atoms. The molecule has 0 radical (unpaired) electrons. The number of benzene rings is 1. The summed E-state index contributed by atoms with van der Waals surface area (Å²) in [6.45, 7) is 2.15. The molecule has 0 unspecified atom stereocenters. The van der Waals surface area contributed by atoms with Gasteiger partial charge in [0.25, 0.3) is 0 Å². The highest BCUT2D eigenvalue weighted by Crippen LogP contribution is 2.36. The lowest BCUT2D eigenvalue weighted by Crippen LogP contribution is -2.30. The molecule has 1 nitrogen and oxygen atoms in total. The van der Waals surface area contributed by atoms with Gasteiger partial charge in [-0.3, -0.25) is 0 Å². The maximum Gasteiger partial charge on any atom is 0.212 e. The van der Waals surface area contributed by atoms with Crippen molar-refractivity contribution in [3.63, 3.8) is 0 Å². The van der Waals surface area contributed by atoms with Gasteiger partial charge in [0.1, 0.15) is 7.05 Å². The third-order valence-corrected chi connectivity index (χ3v) is 4.18. The van der Waals surface area contributed by atoms with Crippen molar-refractivity contribution in [3.8, 4) is 11.3 Å². The van der Waals surface area contributed by atoms with E-state index in [-0.39, 0.29) is 5.89 Å². The van der Waals surface area contributed by atoms with Crippen molar-refractivity contribution < 1.29 is 5.94 Å². The quantitative estimate of drug-likeness (QED) is 0.708. The molecule has 3 rings (SSSR count). The predicted octanol–water partition coefficient (Wildman–Crippen LogP) is 4.14. The SMILES string of the molecule is [2H]C1(c2ccc(C)c(-c3cccc[n+]3C)c2)CCCC1. The molecule has 98 valence electrons. The first kappa shape index (κ1) is 11.2. The Morgan fingerprint density at radius 3 is 2.68 bits per heavy atom. The molecule has 0 saturated heterocycles. The fraction of sp³-hybridized carbons (Fsp3) is 0.389. The van der Waals surface area contributed by atoms with Crippen LogP contribution < -0.4 is 4.57 Å². The van der Waals surface area contributed by atoms with E-state index in [1.165, 1.54) is 35.2 Å². The number of rotatable bonds is 2. The van der Waals surface area contributed by atoms with Gasteiger partial charge in [0.2, 0.25) is 5.69 Å². The smallest absolute Gasteiger partial charge is 0.201 e. The first-order valence-electron chi connectivity index (χ1n) is 7.66. The van der Waals surface area contributed by atoms with E-state index in [1.54, 1.807) is 0 Å². The zero-order chi connectivity index (χ0) is 14.2. The topological polar surface area (TPSA) is 3.88 Å². The summed E-state index contributed by atoms with van der Waals surface area (Å²) in [4.78, 5) is 0. The van der Waals surface area contributed by atoms with E-state index < -0.39 is 0 Å². The molecule has 1 aromatic carbocycles. The second-order valence-corrected chi connectivity index (χ2v) is 5.54. The Labute approximate surface area is 117 Å². The Morgan fingerprint density at radius 2 is 1.95 bits per heavy atom. The lowest BCUT2D eigenvalue weighted by atomic mass is 9.93. The monoisotopic (exact) mass is 253 g/mol. The zero-order valence-electron chi connectivity index (χ0n) is 12.8. The van der Waals surface area contributed by atoms with Crippen LogP contribution in [-0.2, 0) is 7.05 Å². The molecule has 1 saturated carbocycles. The molecule has 0 spiro atoms. The fourth-order valence-electron chi connectivity index (χ4n) is 3.01. The number of aryl methyl sites for hydroxylation is 2. The van der Waals surface area contributed by atoms with E-state index in [1.807, 2.05) is 6.07 Å². The van der Waals surface area contributed by atoms with Crippen LogP contribution in [0.1, 0.15) is 44.1 Å². The standard InChI is InChI=1S/C18H22N/c1-14-10-11-16(15-7-3-4-8-15)13-17(14)18-9-5-6-12-19(18)2/h5-6,9-13,15H,3-4,7-8H2,1-2H3/q+1/i15D. The van der Waals surface area contributed by atoms with Crippen molar-refractivity contribution in [2.45, 2.75) is 38.5 Å². The maximum absolute atomic E-state index is 8.70. The van der Waals surface area contributed by atoms with Gasteiger partial charge in [-0.25, -0.2) is 4.57 Å². The van der Waals surface area contributed by atoms with Crippen LogP contribution in [0, 0.1) is 6.92 Å². The number of hydrogen-bond donors (Lipinski definition) is 0. The summed E-state index contributed by atoms with van der Waals surface area (Å²) in [6.07, 6.45) is 6.44. The summed E-state index contributed by atoms with van der Waals surface area (Å²) in [5.41, 5.74) is 4.93. The molecule has 0 aliphatic heterocycles. The largest absolute Gasteiger partial charge is 0.212 e. The Hall–Kier alpha value is -1.63. The summed E-state index contributed by atoms with van der Waals surface area (Å²) in [6, 6.07) is 12.8. The van der Waals surface area contributed by atoms with Crippen LogP contribution in [0.3, 0.4) is 0 Å². The van der Waals surface area contributed by atoms with Crippen LogP contribution in [0.5, 0.6) is 0 Å². The van der Waals surface area contributed by atoms with Crippen molar-refractivity contribution in [3.05, 3.63) is 53.7 Å². The molecule has 0 N–H and O–H groups in total. The minimum absolute atomic E-state index is 0.365. The third kappa shape index (κ3) is 2.42. The number of hydrogen-bond acceptors (Lipinski definition) is 0. The first-order chi connectivity index (χ1) is 9.60. The van der Waals surface area contributed by atoms with Crippen LogP contribution in [0.25, 0.3) is 11.3 Å². The van der Waals surface area contributed by atoms with Gasteiger partial charge in [-0.2, -0.15) is 0 Å². The minimum atomic E-state index is -0.365. The second kappa shape index (κ2) is 5.16. The highest BCUT2D eigenvalue weighted by Gasteiger charge is 2.19. The number of aromatic nitrogens is 1.